The number of aliphatic hydroxyl groups is 2. The molecule has 1 unspecified atom stereocenters. The molecule has 2 N–H and O–H groups in total. The van der Waals surface area contributed by atoms with E-state index in [2.05, 4.69) is 0 Å². The minimum absolute atomic E-state index is 0.256. The van der Waals surface area contributed by atoms with Crippen molar-refractivity contribution < 1.29 is 28.1 Å². The molecule has 0 bridgehead atoms. The average molecular weight is 327 g/mol. The highest BCUT2D eigenvalue weighted by Gasteiger charge is 2.55. The van der Waals surface area contributed by atoms with Crippen LogP contribution in [0.15, 0.2) is 18.2 Å². The molecule has 0 aliphatic carbocycles. The molecule has 0 aliphatic rings. The van der Waals surface area contributed by atoms with Gasteiger partial charge in [0.2, 0.25) is 0 Å². The second-order valence-electron chi connectivity index (χ2n) is 5.57. The Hall–Kier alpha value is -0.980. The summed E-state index contributed by atoms with van der Waals surface area (Å²) in [6.45, 7) is 1.63. The number of hydrogen-bond donors (Lipinski definition) is 2. The number of halogens is 4. The minimum atomic E-state index is -4.94. The average Bonchev–Trinajstić information content (AvgIpc) is 2.36. The summed E-state index contributed by atoms with van der Waals surface area (Å²) in [4.78, 5) is 0. The summed E-state index contributed by atoms with van der Waals surface area (Å²) in [6.07, 6.45) is -5.67. The standard InChI is InChI=1S/C14H18ClF3O3/c1-12(2,7-13(20,8-19)14(16,17)18)9-5-4-6-10(15)11(9)21-3/h4-6,19-20H,7-8H2,1-3H3. The van der Waals surface area contributed by atoms with Gasteiger partial charge < -0.3 is 14.9 Å². The van der Waals surface area contributed by atoms with E-state index in [-0.39, 0.29) is 10.8 Å². The van der Waals surface area contributed by atoms with E-state index >= 15 is 0 Å². The fourth-order valence-corrected chi connectivity index (χ4v) is 2.57. The second-order valence-corrected chi connectivity index (χ2v) is 5.98. The van der Waals surface area contributed by atoms with Gasteiger partial charge in [-0.3, -0.25) is 0 Å². The third-order valence-electron chi connectivity index (χ3n) is 3.42. The Bertz CT molecular complexity index is 503. The number of hydrogen-bond acceptors (Lipinski definition) is 3. The van der Waals surface area contributed by atoms with Crippen LogP contribution in [-0.4, -0.2) is 35.7 Å². The van der Waals surface area contributed by atoms with Crippen LogP contribution >= 0.6 is 11.6 Å². The molecule has 1 aromatic carbocycles. The summed E-state index contributed by atoms with van der Waals surface area (Å²) in [5, 5.41) is 19.0. The van der Waals surface area contributed by atoms with Crippen molar-refractivity contribution in [1.29, 1.82) is 0 Å². The lowest BCUT2D eigenvalue weighted by atomic mass is 9.74. The van der Waals surface area contributed by atoms with Crippen molar-refractivity contribution in [3.63, 3.8) is 0 Å². The highest BCUT2D eigenvalue weighted by Crippen LogP contribution is 2.44. The van der Waals surface area contributed by atoms with Crippen molar-refractivity contribution in [1.82, 2.24) is 0 Å². The molecule has 0 fully saturated rings. The Morgan fingerprint density at radius 1 is 1.24 bits per heavy atom. The lowest BCUT2D eigenvalue weighted by Crippen LogP contribution is -2.52. The number of rotatable bonds is 5. The minimum Gasteiger partial charge on any atom is -0.495 e. The molecule has 3 nitrogen and oxygen atoms in total. The van der Waals surface area contributed by atoms with E-state index < -0.39 is 30.2 Å². The van der Waals surface area contributed by atoms with Gasteiger partial charge in [-0.25, -0.2) is 0 Å². The lowest BCUT2D eigenvalue weighted by Gasteiger charge is -2.37. The van der Waals surface area contributed by atoms with Crippen molar-refractivity contribution in [3.05, 3.63) is 28.8 Å². The van der Waals surface area contributed by atoms with E-state index in [1.165, 1.54) is 21.0 Å². The van der Waals surface area contributed by atoms with Crippen LogP contribution in [-0.2, 0) is 5.41 Å². The first kappa shape index (κ1) is 18.1. The molecular weight excluding hydrogens is 309 g/mol. The molecule has 0 heterocycles. The lowest BCUT2D eigenvalue weighted by molar-refractivity contribution is -0.277. The van der Waals surface area contributed by atoms with Crippen molar-refractivity contribution >= 4 is 11.6 Å². The number of aliphatic hydroxyl groups excluding tert-OH is 1. The predicted octanol–water partition coefficient (Wildman–Crippen LogP) is 3.30. The monoisotopic (exact) mass is 326 g/mol. The van der Waals surface area contributed by atoms with E-state index in [1.54, 1.807) is 18.2 Å². The first-order valence-corrected chi connectivity index (χ1v) is 6.59. The number of alkyl halides is 3. The van der Waals surface area contributed by atoms with Crippen LogP contribution in [0.2, 0.25) is 5.02 Å². The molecule has 1 rings (SSSR count). The summed E-state index contributed by atoms with van der Waals surface area (Å²) in [5.41, 5.74) is -3.89. The molecule has 1 aromatic rings. The molecule has 1 atom stereocenters. The third-order valence-corrected chi connectivity index (χ3v) is 3.72. The Kier molecular flexibility index (Phi) is 5.18. The van der Waals surface area contributed by atoms with Gasteiger partial charge >= 0.3 is 6.18 Å². The molecule has 0 amide bonds. The molecule has 7 heteroatoms. The van der Waals surface area contributed by atoms with Gasteiger partial charge in [-0.15, -0.1) is 0 Å². The molecule has 0 aliphatic heterocycles. The fraction of sp³-hybridized carbons (Fsp3) is 0.571. The van der Waals surface area contributed by atoms with Gasteiger partial charge in [0.1, 0.15) is 5.75 Å². The number of methoxy groups -OCH3 is 1. The Morgan fingerprint density at radius 3 is 2.24 bits per heavy atom. The van der Waals surface area contributed by atoms with Crippen molar-refractivity contribution in [2.75, 3.05) is 13.7 Å². The smallest absolute Gasteiger partial charge is 0.419 e. The van der Waals surface area contributed by atoms with Gasteiger partial charge in [0.25, 0.3) is 0 Å². The zero-order chi connectivity index (χ0) is 16.5. The zero-order valence-corrected chi connectivity index (χ0v) is 12.7. The van der Waals surface area contributed by atoms with Crippen LogP contribution in [0.5, 0.6) is 5.75 Å². The first-order valence-electron chi connectivity index (χ1n) is 6.21. The van der Waals surface area contributed by atoms with E-state index in [0.29, 0.717) is 5.56 Å². The second kappa shape index (κ2) is 6.02. The van der Waals surface area contributed by atoms with Gasteiger partial charge in [0.05, 0.1) is 18.7 Å². The number of ether oxygens (including phenoxy) is 1. The topological polar surface area (TPSA) is 49.7 Å². The molecule has 120 valence electrons. The Morgan fingerprint density at radius 2 is 1.81 bits per heavy atom. The van der Waals surface area contributed by atoms with Crippen LogP contribution in [0.25, 0.3) is 0 Å². The molecular formula is C14H18ClF3O3. The normalized spacial score (nSPS) is 15.7. The van der Waals surface area contributed by atoms with Gasteiger partial charge in [-0.2, -0.15) is 13.2 Å². The van der Waals surface area contributed by atoms with Crippen molar-refractivity contribution in [3.8, 4) is 5.75 Å². The molecule has 0 aromatic heterocycles. The van der Waals surface area contributed by atoms with E-state index in [1.807, 2.05) is 0 Å². The Balaban J connectivity index is 3.26. The maximum absolute atomic E-state index is 12.9. The van der Waals surface area contributed by atoms with Crippen molar-refractivity contribution in [2.45, 2.75) is 37.5 Å². The highest BCUT2D eigenvalue weighted by molar-refractivity contribution is 6.32. The Labute approximate surface area is 126 Å². The van der Waals surface area contributed by atoms with Crippen LogP contribution in [0, 0.1) is 0 Å². The van der Waals surface area contributed by atoms with Crippen molar-refractivity contribution in [2.24, 2.45) is 0 Å². The highest BCUT2D eigenvalue weighted by atomic mass is 35.5. The van der Waals surface area contributed by atoms with Crippen LogP contribution in [0.1, 0.15) is 25.8 Å². The predicted molar refractivity (Wildman–Crippen MR) is 73.7 cm³/mol. The molecule has 0 saturated heterocycles. The molecule has 0 radical (unpaired) electrons. The maximum Gasteiger partial charge on any atom is 0.419 e. The van der Waals surface area contributed by atoms with Gasteiger partial charge in [-0.05, 0) is 17.9 Å². The summed E-state index contributed by atoms with van der Waals surface area (Å²) in [7, 11) is 1.36. The third kappa shape index (κ3) is 3.62. The van der Waals surface area contributed by atoms with Gasteiger partial charge in [0.15, 0.2) is 5.60 Å². The molecule has 21 heavy (non-hydrogen) atoms. The quantitative estimate of drug-likeness (QED) is 0.873. The number of benzene rings is 1. The van der Waals surface area contributed by atoms with Crippen LogP contribution in [0.3, 0.4) is 0 Å². The largest absolute Gasteiger partial charge is 0.495 e. The van der Waals surface area contributed by atoms with Crippen LogP contribution < -0.4 is 4.74 Å². The first-order chi connectivity index (χ1) is 9.48. The SMILES string of the molecule is COc1c(Cl)cccc1C(C)(C)CC(O)(CO)C(F)(F)F. The van der Waals surface area contributed by atoms with E-state index in [0.717, 1.165) is 0 Å². The summed E-state index contributed by atoms with van der Waals surface area (Å²) < 4.78 is 44.0. The summed E-state index contributed by atoms with van der Waals surface area (Å²) in [6, 6.07) is 4.73. The van der Waals surface area contributed by atoms with E-state index in [4.69, 9.17) is 21.4 Å². The summed E-state index contributed by atoms with van der Waals surface area (Å²) in [5.74, 6) is 0.256. The van der Waals surface area contributed by atoms with Gasteiger partial charge in [-0.1, -0.05) is 37.6 Å². The van der Waals surface area contributed by atoms with Crippen LogP contribution in [0.4, 0.5) is 13.2 Å². The molecule has 0 saturated carbocycles. The zero-order valence-electron chi connectivity index (χ0n) is 12.0. The summed E-state index contributed by atoms with van der Waals surface area (Å²) >= 11 is 5.97. The van der Waals surface area contributed by atoms with E-state index in [9.17, 15) is 18.3 Å². The molecule has 0 spiro atoms. The maximum atomic E-state index is 12.9. The fourth-order valence-electron chi connectivity index (χ4n) is 2.32. The number of para-hydroxylation sites is 1. The van der Waals surface area contributed by atoms with Gasteiger partial charge in [0, 0.05) is 5.56 Å².